The number of benzene rings is 2. The summed E-state index contributed by atoms with van der Waals surface area (Å²) in [6.07, 6.45) is 0.0377. The Morgan fingerprint density at radius 2 is 1.84 bits per heavy atom. The molecule has 3 unspecified atom stereocenters. The Hall–Kier alpha value is -2.69. The molecule has 10 heteroatoms. The van der Waals surface area contributed by atoms with Crippen molar-refractivity contribution >= 4 is 34.9 Å². The molecule has 3 amide bonds. The second-order valence-corrected chi connectivity index (χ2v) is 10.4. The lowest BCUT2D eigenvalue weighted by atomic mass is 10.0. The van der Waals surface area contributed by atoms with Gasteiger partial charge in [0, 0.05) is 48.9 Å². The molecule has 0 spiro atoms. The summed E-state index contributed by atoms with van der Waals surface area (Å²) in [6.45, 7) is 8.34. The number of hydrogen-bond acceptors (Lipinski definition) is 5. The van der Waals surface area contributed by atoms with E-state index in [1.54, 1.807) is 29.2 Å². The van der Waals surface area contributed by atoms with E-state index in [2.05, 4.69) is 29.4 Å². The fourth-order valence-corrected chi connectivity index (χ4v) is 4.92. The molecular weight excluding hydrogens is 494 g/mol. The van der Waals surface area contributed by atoms with Crippen LogP contribution in [-0.4, -0.2) is 62.4 Å². The Labute approximate surface area is 223 Å². The van der Waals surface area contributed by atoms with Crippen LogP contribution in [0.2, 0.25) is 5.02 Å². The maximum absolute atomic E-state index is 14.0. The average molecular weight is 530 g/mol. The zero-order valence-electron chi connectivity index (χ0n) is 21.4. The number of nitrogens with zero attached hydrogens (tertiary/aromatic N) is 2. The number of fused-ring (bicyclic) bond motifs is 1. The molecule has 2 heterocycles. The number of amides is 3. The summed E-state index contributed by atoms with van der Waals surface area (Å²) in [5.74, 6) is -0.0334. The number of nitrogens with one attached hydrogen (secondary N) is 3. The van der Waals surface area contributed by atoms with E-state index >= 15 is 0 Å². The van der Waals surface area contributed by atoms with Gasteiger partial charge in [0.05, 0.1) is 18.9 Å². The molecular formula is C27H36ClN5O4. The lowest BCUT2D eigenvalue weighted by Gasteiger charge is -2.37. The lowest BCUT2D eigenvalue weighted by molar-refractivity contribution is -0.900. The van der Waals surface area contributed by atoms with Gasteiger partial charge in [0.1, 0.15) is 6.04 Å². The van der Waals surface area contributed by atoms with E-state index in [-0.39, 0.29) is 5.06 Å². The van der Waals surface area contributed by atoms with Crippen LogP contribution in [0.4, 0.5) is 16.2 Å². The van der Waals surface area contributed by atoms with Gasteiger partial charge in [0.25, 0.3) is 0 Å². The van der Waals surface area contributed by atoms with Crippen LogP contribution in [0, 0.1) is 11.1 Å². The largest absolute Gasteiger partial charge is 0.632 e. The molecule has 2 aromatic rings. The molecule has 0 aliphatic carbocycles. The van der Waals surface area contributed by atoms with E-state index in [4.69, 9.17) is 16.3 Å². The minimum absolute atomic E-state index is 0.288. The van der Waals surface area contributed by atoms with Crippen LogP contribution in [0.5, 0.6) is 0 Å². The van der Waals surface area contributed by atoms with Gasteiger partial charge in [-0.25, -0.2) is 4.79 Å². The van der Waals surface area contributed by atoms with Gasteiger partial charge >= 0.3 is 11.9 Å². The third kappa shape index (κ3) is 7.00. The zero-order valence-corrected chi connectivity index (χ0v) is 22.2. The number of morpholine rings is 1. The minimum Gasteiger partial charge on any atom is -0.632 e. The van der Waals surface area contributed by atoms with Gasteiger partial charge in [-0.2, -0.15) is 0 Å². The SMILES string of the molecule is CC(C)CCN1C(=O)C(NC(=O)Nc2ccc(Cl)cc2)[NH+]([O-])C(CCN2CCOCC2)c2ccccc21. The van der Waals surface area contributed by atoms with Gasteiger partial charge in [0.15, 0.2) is 0 Å². The second-order valence-electron chi connectivity index (χ2n) is 9.97. The van der Waals surface area contributed by atoms with Crippen molar-refractivity contribution in [2.75, 3.05) is 49.6 Å². The number of quaternary nitrogens is 1. The highest BCUT2D eigenvalue weighted by Crippen LogP contribution is 2.30. The number of rotatable bonds is 8. The molecule has 0 aromatic heterocycles. The van der Waals surface area contributed by atoms with Crippen LogP contribution in [0.25, 0.3) is 0 Å². The van der Waals surface area contributed by atoms with Crippen molar-refractivity contribution in [2.45, 2.75) is 38.9 Å². The van der Waals surface area contributed by atoms with Crippen molar-refractivity contribution in [3.05, 3.63) is 64.3 Å². The first-order chi connectivity index (χ1) is 17.8. The van der Waals surface area contributed by atoms with Gasteiger partial charge < -0.3 is 25.2 Å². The molecule has 3 atom stereocenters. The summed E-state index contributed by atoms with van der Waals surface area (Å²) in [5, 5.41) is 19.6. The van der Waals surface area contributed by atoms with Crippen LogP contribution < -0.4 is 20.6 Å². The van der Waals surface area contributed by atoms with Crippen molar-refractivity contribution in [1.82, 2.24) is 10.2 Å². The number of hydrogen-bond donors (Lipinski definition) is 3. The van der Waals surface area contributed by atoms with Crippen LogP contribution in [0.15, 0.2) is 48.5 Å². The van der Waals surface area contributed by atoms with Crippen LogP contribution >= 0.6 is 11.6 Å². The first-order valence-corrected chi connectivity index (χ1v) is 13.3. The van der Waals surface area contributed by atoms with Crippen molar-refractivity contribution < 1.29 is 19.4 Å². The summed E-state index contributed by atoms with van der Waals surface area (Å²) >= 11 is 5.94. The predicted molar refractivity (Wildman–Crippen MR) is 145 cm³/mol. The number of hydroxylamine groups is 2. The highest BCUT2D eigenvalue weighted by molar-refractivity contribution is 6.30. The van der Waals surface area contributed by atoms with Crippen molar-refractivity contribution in [3.63, 3.8) is 0 Å². The van der Waals surface area contributed by atoms with Crippen molar-refractivity contribution in [2.24, 2.45) is 5.92 Å². The Kier molecular flexibility index (Phi) is 9.39. The van der Waals surface area contributed by atoms with Crippen LogP contribution in [0.3, 0.4) is 0 Å². The van der Waals surface area contributed by atoms with Crippen LogP contribution in [0.1, 0.15) is 38.3 Å². The molecule has 2 aromatic carbocycles. The first kappa shape index (κ1) is 27.3. The van der Waals surface area contributed by atoms with E-state index in [9.17, 15) is 14.8 Å². The first-order valence-electron chi connectivity index (χ1n) is 12.9. The third-order valence-corrected chi connectivity index (χ3v) is 7.14. The second kappa shape index (κ2) is 12.7. The fourth-order valence-electron chi connectivity index (χ4n) is 4.80. The van der Waals surface area contributed by atoms with Gasteiger partial charge in [-0.05, 0) is 42.7 Å². The smallest absolute Gasteiger partial charge is 0.324 e. The topological polar surface area (TPSA) is 101 Å². The molecule has 37 heavy (non-hydrogen) atoms. The maximum Gasteiger partial charge on any atom is 0.324 e. The summed E-state index contributed by atoms with van der Waals surface area (Å²) in [6, 6.07) is 13.1. The summed E-state index contributed by atoms with van der Waals surface area (Å²) in [4.78, 5) is 30.7. The molecule has 1 fully saturated rings. The Morgan fingerprint density at radius 1 is 1.14 bits per heavy atom. The quantitative estimate of drug-likeness (QED) is 0.456. The Morgan fingerprint density at radius 3 is 2.54 bits per heavy atom. The standard InChI is InChI=1S/C27H36ClN5O4/c1-19(2)11-14-32-23-6-4-3-5-22(23)24(12-13-31-15-17-37-18-16-31)33(36)25(26(32)34)30-27(35)29-21-9-7-20(28)8-10-21/h3-10,19,24-25,33H,11-18H2,1-2H3,(H2,29,30,35). The molecule has 0 bridgehead atoms. The van der Waals surface area contributed by atoms with E-state index in [0.29, 0.717) is 49.4 Å². The van der Waals surface area contributed by atoms with Crippen molar-refractivity contribution in [1.29, 1.82) is 0 Å². The molecule has 0 saturated carbocycles. The van der Waals surface area contributed by atoms with Gasteiger partial charge in [-0.15, -0.1) is 0 Å². The van der Waals surface area contributed by atoms with E-state index in [1.807, 2.05) is 24.3 Å². The molecule has 1 saturated heterocycles. The lowest BCUT2D eigenvalue weighted by Crippen LogP contribution is -3.15. The fraction of sp³-hybridized carbons (Fsp3) is 0.481. The normalized spacial score (nSPS) is 22.5. The van der Waals surface area contributed by atoms with Gasteiger partial charge in [-0.1, -0.05) is 43.6 Å². The Bertz CT molecular complexity index is 1060. The maximum atomic E-state index is 14.0. The summed E-state index contributed by atoms with van der Waals surface area (Å²) in [7, 11) is 0. The van der Waals surface area contributed by atoms with Crippen molar-refractivity contribution in [3.8, 4) is 0 Å². The average Bonchev–Trinajstić information content (AvgIpc) is 2.97. The number of para-hydroxylation sites is 1. The minimum atomic E-state index is -1.29. The highest BCUT2D eigenvalue weighted by atomic mass is 35.5. The number of anilines is 2. The zero-order chi connectivity index (χ0) is 26.4. The third-order valence-electron chi connectivity index (χ3n) is 6.89. The number of urea groups is 1. The predicted octanol–water partition coefficient (Wildman–Crippen LogP) is 3.03. The van der Waals surface area contributed by atoms with E-state index in [0.717, 1.165) is 30.8 Å². The summed E-state index contributed by atoms with van der Waals surface area (Å²) in [5.41, 5.74) is 2.09. The molecule has 9 nitrogen and oxygen atoms in total. The number of carbonyl (C=O) groups excluding carboxylic acids is 2. The molecule has 2 aliphatic heterocycles. The summed E-state index contributed by atoms with van der Waals surface area (Å²) < 4.78 is 5.46. The molecule has 4 rings (SSSR count). The molecule has 2 aliphatic rings. The Balaban J connectivity index is 1.61. The van der Waals surface area contributed by atoms with Gasteiger partial charge in [0.2, 0.25) is 6.17 Å². The highest BCUT2D eigenvalue weighted by Gasteiger charge is 2.41. The van der Waals surface area contributed by atoms with E-state index < -0.39 is 24.1 Å². The molecule has 3 N–H and O–H groups in total. The number of ether oxygens (including phenoxy) is 1. The van der Waals surface area contributed by atoms with E-state index in [1.165, 1.54) is 0 Å². The van der Waals surface area contributed by atoms with Crippen LogP contribution in [-0.2, 0) is 9.53 Å². The monoisotopic (exact) mass is 529 g/mol. The van der Waals surface area contributed by atoms with Gasteiger partial charge in [-0.3, -0.25) is 15.0 Å². The molecule has 200 valence electrons. The number of halogens is 1. The number of carbonyl (C=O) groups is 2. The molecule has 0 radical (unpaired) electrons.